The van der Waals surface area contributed by atoms with Crippen molar-refractivity contribution in [1.29, 1.82) is 0 Å². The molecule has 1 aromatic carbocycles. The largest absolute Gasteiger partial charge is 0.377 e. The van der Waals surface area contributed by atoms with E-state index in [-0.39, 0.29) is 12.1 Å². The summed E-state index contributed by atoms with van der Waals surface area (Å²) in [4.78, 5) is 0. The van der Waals surface area contributed by atoms with E-state index in [1.165, 1.54) is 16.7 Å². The van der Waals surface area contributed by atoms with Gasteiger partial charge in [0.05, 0.1) is 12.1 Å². The molecule has 1 aromatic rings. The summed E-state index contributed by atoms with van der Waals surface area (Å²) in [6.45, 7) is 9.35. The summed E-state index contributed by atoms with van der Waals surface area (Å²) in [5.41, 5.74) is 3.97. The van der Waals surface area contributed by atoms with Crippen LogP contribution in [0.5, 0.6) is 0 Å². The monoisotopic (exact) mass is 249 g/mol. The summed E-state index contributed by atoms with van der Waals surface area (Å²) in [7, 11) is 2.02. The molecule has 0 bridgehead atoms. The van der Waals surface area contributed by atoms with Crippen molar-refractivity contribution in [2.45, 2.75) is 52.7 Å². The Morgan fingerprint density at radius 2 is 1.72 bits per heavy atom. The quantitative estimate of drug-likeness (QED) is 0.794. The third-order valence-corrected chi connectivity index (χ3v) is 3.24. The molecular formula is C16H27NO. The molecule has 2 unspecified atom stereocenters. The predicted molar refractivity (Wildman–Crippen MR) is 78.0 cm³/mol. The Bertz CT molecular complexity index is 336. The van der Waals surface area contributed by atoms with E-state index in [1.54, 1.807) is 0 Å². The van der Waals surface area contributed by atoms with E-state index in [2.05, 4.69) is 51.2 Å². The van der Waals surface area contributed by atoms with E-state index in [0.29, 0.717) is 0 Å². The standard InChI is InChI=1S/C16H27NO/c1-6-8-15(18-7-2)16(17-5)14-10-12(3)9-13(4)11-14/h9-11,15-17H,6-8H2,1-5H3. The minimum atomic E-state index is 0.256. The van der Waals surface area contributed by atoms with Crippen LogP contribution in [0.25, 0.3) is 0 Å². The van der Waals surface area contributed by atoms with Crippen molar-refractivity contribution in [3.63, 3.8) is 0 Å². The number of hydrogen-bond acceptors (Lipinski definition) is 2. The van der Waals surface area contributed by atoms with Gasteiger partial charge < -0.3 is 10.1 Å². The van der Waals surface area contributed by atoms with Crippen LogP contribution in [0.4, 0.5) is 0 Å². The molecule has 18 heavy (non-hydrogen) atoms. The van der Waals surface area contributed by atoms with Crippen molar-refractivity contribution in [2.75, 3.05) is 13.7 Å². The van der Waals surface area contributed by atoms with E-state index in [1.807, 2.05) is 7.05 Å². The van der Waals surface area contributed by atoms with Gasteiger partial charge in [-0.3, -0.25) is 0 Å². The van der Waals surface area contributed by atoms with E-state index in [0.717, 1.165) is 19.4 Å². The first-order chi connectivity index (χ1) is 8.62. The van der Waals surface area contributed by atoms with Crippen LogP contribution in [0.1, 0.15) is 49.4 Å². The Balaban J connectivity index is 2.97. The minimum absolute atomic E-state index is 0.256. The number of ether oxygens (including phenoxy) is 1. The molecule has 0 saturated heterocycles. The van der Waals surface area contributed by atoms with Gasteiger partial charge in [0, 0.05) is 6.61 Å². The second-order valence-corrected chi connectivity index (χ2v) is 4.97. The summed E-state index contributed by atoms with van der Waals surface area (Å²) in [6, 6.07) is 7.01. The van der Waals surface area contributed by atoms with Gasteiger partial charge in [-0.2, -0.15) is 0 Å². The zero-order valence-electron chi connectivity index (χ0n) is 12.4. The average Bonchev–Trinajstić information content (AvgIpc) is 2.29. The maximum absolute atomic E-state index is 5.91. The number of aryl methyl sites for hydroxylation is 2. The maximum atomic E-state index is 5.91. The first kappa shape index (κ1) is 15.2. The smallest absolute Gasteiger partial charge is 0.0769 e. The third kappa shape index (κ3) is 4.11. The van der Waals surface area contributed by atoms with Gasteiger partial charge >= 0.3 is 0 Å². The van der Waals surface area contributed by atoms with Gasteiger partial charge in [0.2, 0.25) is 0 Å². The van der Waals surface area contributed by atoms with Crippen LogP contribution < -0.4 is 5.32 Å². The van der Waals surface area contributed by atoms with Crippen molar-refractivity contribution in [1.82, 2.24) is 5.32 Å². The van der Waals surface area contributed by atoms with Crippen LogP contribution in [0, 0.1) is 13.8 Å². The average molecular weight is 249 g/mol. The third-order valence-electron chi connectivity index (χ3n) is 3.24. The molecule has 0 fully saturated rings. The van der Waals surface area contributed by atoms with Gasteiger partial charge in [0.1, 0.15) is 0 Å². The van der Waals surface area contributed by atoms with Crippen LogP contribution in [0.15, 0.2) is 18.2 Å². The van der Waals surface area contributed by atoms with Crippen LogP contribution >= 0.6 is 0 Å². The molecule has 0 aromatic heterocycles. The number of rotatable bonds is 7. The molecule has 0 aliphatic rings. The molecule has 1 rings (SSSR count). The molecule has 102 valence electrons. The Hall–Kier alpha value is -0.860. The molecule has 2 atom stereocenters. The van der Waals surface area contributed by atoms with Gasteiger partial charge in [-0.15, -0.1) is 0 Å². The highest BCUT2D eigenvalue weighted by Gasteiger charge is 2.21. The van der Waals surface area contributed by atoms with Crippen molar-refractivity contribution >= 4 is 0 Å². The van der Waals surface area contributed by atoms with E-state index < -0.39 is 0 Å². The fourth-order valence-electron chi connectivity index (χ4n) is 2.60. The lowest BCUT2D eigenvalue weighted by molar-refractivity contribution is 0.0295. The Morgan fingerprint density at radius 1 is 1.11 bits per heavy atom. The first-order valence-corrected chi connectivity index (χ1v) is 6.99. The second-order valence-electron chi connectivity index (χ2n) is 4.97. The minimum Gasteiger partial charge on any atom is -0.377 e. The number of nitrogens with one attached hydrogen (secondary N) is 1. The SMILES string of the molecule is CCCC(OCC)C(NC)c1cc(C)cc(C)c1. The Morgan fingerprint density at radius 3 is 2.17 bits per heavy atom. The molecular weight excluding hydrogens is 222 g/mol. The highest BCUT2D eigenvalue weighted by Crippen LogP contribution is 2.24. The maximum Gasteiger partial charge on any atom is 0.0769 e. The van der Waals surface area contributed by atoms with Gasteiger partial charge in [-0.05, 0) is 39.8 Å². The zero-order valence-corrected chi connectivity index (χ0v) is 12.4. The highest BCUT2D eigenvalue weighted by atomic mass is 16.5. The van der Waals surface area contributed by atoms with E-state index in [9.17, 15) is 0 Å². The fraction of sp³-hybridized carbons (Fsp3) is 0.625. The van der Waals surface area contributed by atoms with Crippen LogP contribution in [0.2, 0.25) is 0 Å². The lowest BCUT2D eigenvalue weighted by Crippen LogP contribution is -2.32. The lowest BCUT2D eigenvalue weighted by Gasteiger charge is -2.27. The summed E-state index contributed by atoms with van der Waals surface area (Å²) >= 11 is 0. The normalized spacial score (nSPS) is 14.5. The molecule has 2 nitrogen and oxygen atoms in total. The fourth-order valence-corrected chi connectivity index (χ4v) is 2.60. The molecule has 0 amide bonds. The molecule has 0 radical (unpaired) electrons. The summed E-state index contributed by atoms with van der Waals surface area (Å²) in [5.74, 6) is 0. The molecule has 0 saturated carbocycles. The van der Waals surface area contributed by atoms with Crippen molar-refractivity contribution in [3.8, 4) is 0 Å². The van der Waals surface area contributed by atoms with E-state index >= 15 is 0 Å². The summed E-state index contributed by atoms with van der Waals surface area (Å²) in [5, 5.41) is 3.42. The molecule has 1 N–H and O–H groups in total. The predicted octanol–water partition coefficient (Wildman–Crippen LogP) is 3.77. The van der Waals surface area contributed by atoms with E-state index in [4.69, 9.17) is 4.74 Å². The zero-order chi connectivity index (χ0) is 13.5. The molecule has 0 heterocycles. The topological polar surface area (TPSA) is 21.3 Å². The molecule has 0 aliphatic carbocycles. The summed E-state index contributed by atoms with van der Waals surface area (Å²) < 4.78 is 5.91. The summed E-state index contributed by atoms with van der Waals surface area (Å²) in [6.07, 6.45) is 2.49. The molecule has 2 heteroatoms. The number of likely N-dealkylation sites (N-methyl/N-ethyl adjacent to an activating group) is 1. The van der Waals surface area contributed by atoms with Gasteiger partial charge in [0.25, 0.3) is 0 Å². The van der Waals surface area contributed by atoms with Crippen molar-refractivity contribution in [2.24, 2.45) is 0 Å². The van der Waals surface area contributed by atoms with Crippen LogP contribution in [-0.2, 0) is 4.74 Å². The molecule has 0 spiro atoms. The van der Waals surface area contributed by atoms with Gasteiger partial charge in [0.15, 0.2) is 0 Å². The second kappa shape index (κ2) is 7.55. The van der Waals surface area contributed by atoms with Crippen LogP contribution in [-0.4, -0.2) is 19.8 Å². The number of hydrogen-bond donors (Lipinski definition) is 1. The molecule has 0 aliphatic heterocycles. The lowest BCUT2D eigenvalue weighted by atomic mass is 9.95. The van der Waals surface area contributed by atoms with Crippen molar-refractivity contribution in [3.05, 3.63) is 34.9 Å². The van der Waals surface area contributed by atoms with Crippen molar-refractivity contribution < 1.29 is 4.74 Å². The van der Waals surface area contributed by atoms with Crippen LogP contribution in [0.3, 0.4) is 0 Å². The Labute approximate surface area is 112 Å². The highest BCUT2D eigenvalue weighted by molar-refractivity contribution is 5.31. The van der Waals surface area contributed by atoms with Gasteiger partial charge in [-0.25, -0.2) is 0 Å². The number of benzene rings is 1. The first-order valence-electron chi connectivity index (χ1n) is 6.99. The Kier molecular flexibility index (Phi) is 6.37. The van der Waals surface area contributed by atoms with Gasteiger partial charge in [-0.1, -0.05) is 42.7 Å².